The molecule has 27 heavy (non-hydrogen) atoms. The van der Waals surface area contributed by atoms with E-state index in [1.165, 1.54) is 22.5 Å². The van der Waals surface area contributed by atoms with Crippen molar-refractivity contribution in [2.75, 3.05) is 0 Å². The molecule has 8 heteroatoms. The van der Waals surface area contributed by atoms with Crippen LogP contribution in [0.3, 0.4) is 0 Å². The van der Waals surface area contributed by atoms with Crippen LogP contribution in [0.4, 0.5) is 0 Å². The van der Waals surface area contributed by atoms with Crippen LogP contribution >= 0.6 is 0 Å². The molecular formula is C19H23N5O3. The van der Waals surface area contributed by atoms with Crippen LogP contribution in [-0.4, -0.2) is 24.6 Å². The molecule has 0 bridgehead atoms. The minimum atomic E-state index is -0.470. The lowest BCUT2D eigenvalue weighted by Gasteiger charge is -2.23. The largest absolute Gasteiger partial charge is 0.347 e. The Balaban J connectivity index is 1.90. The second-order valence-electron chi connectivity index (χ2n) is 6.95. The summed E-state index contributed by atoms with van der Waals surface area (Å²) < 4.78 is 3.79. The van der Waals surface area contributed by atoms with Crippen molar-refractivity contribution in [2.24, 2.45) is 20.0 Å². The third-order valence-corrected chi connectivity index (χ3v) is 4.67. The molecule has 0 aliphatic carbocycles. The fraction of sp³-hybridized carbons (Fsp3) is 0.368. The van der Waals surface area contributed by atoms with E-state index < -0.39 is 11.2 Å². The number of aryl methyl sites for hydroxylation is 1. The van der Waals surface area contributed by atoms with Crippen LogP contribution in [0.5, 0.6) is 0 Å². The normalized spacial score (nSPS) is 12.5. The zero-order valence-corrected chi connectivity index (χ0v) is 15.8. The van der Waals surface area contributed by atoms with Gasteiger partial charge in [-0.3, -0.25) is 18.7 Å². The Kier molecular flexibility index (Phi) is 4.98. The zero-order chi connectivity index (χ0) is 19.7. The number of carbonyl (C=O) groups excluding carboxylic acids is 1. The smallest absolute Gasteiger partial charge is 0.332 e. The summed E-state index contributed by atoms with van der Waals surface area (Å²) >= 11 is 0. The molecule has 8 nitrogen and oxygen atoms in total. The van der Waals surface area contributed by atoms with Gasteiger partial charge < -0.3 is 9.88 Å². The Morgan fingerprint density at radius 1 is 1.11 bits per heavy atom. The Hall–Kier alpha value is -3.16. The van der Waals surface area contributed by atoms with Crippen LogP contribution < -0.4 is 16.6 Å². The summed E-state index contributed by atoms with van der Waals surface area (Å²) in [6, 6.07) is 9.61. The maximum atomic E-state index is 12.7. The lowest BCUT2D eigenvalue weighted by molar-refractivity contribution is -0.122. The highest BCUT2D eigenvalue weighted by atomic mass is 16.2. The molecule has 1 aromatic carbocycles. The molecule has 0 unspecified atom stereocenters. The third kappa shape index (κ3) is 3.42. The summed E-state index contributed by atoms with van der Waals surface area (Å²) in [7, 11) is 2.96. The lowest BCUT2D eigenvalue weighted by atomic mass is 9.96. The molecule has 3 aromatic rings. The van der Waals surface area contributed by atoms with Gasteiger partial charge in [0, 0.05) is 14.1 Å². The average molecular weight is 369 g/mol. The minimum Gasteiger partial charge on any atom is -0.347 e. The first-order valence-electron chi connectivity index (χ1n) is 8.76. The molecule has 0 saturated carbocycles. The van der Waals surface area contributed by atoms with Gasteiger partial charge in [-0.25, -0.2) is 9.78 Å². The van der Waals surface area contributed by atoms with Crippen molar-refractivity contribution in [1.82, 2.24) is 24.0 Å². The number of hydrogen-bond acceptors (Lipinski definition) is 4. The van der Waals surface area contributed by atoms with Crippen LogP contribution in [0.15, 0.2) is 46.2 Å². The molecule has 0 spiro atoms. The zero-order valence-electron chi connectivity index (χ0n) is 15.8. The molecule has 1 amide bonds. The van der Waals surface area contributed by atoms with Crippen LogP contribution in [0.1, 0.15) is 25.5 Å². The lowest BCUT2D eigenvalue weighted by Crippen LogP contribution is -2.38. The van der Waals surface area contributed by atoms with Crippen LogP contribution in [0.2, 0.25) is 0 Å². The number of fused-ring (bicyclic) bond motifs is 1. The number of nitrogens with one attached hydrogen (secondary N) is 1. The summed E-state index contributed by atoms with van der Waals surface area (Å²) in [5, 5.41) is 3.03. The quantitative estimate of drug-likeness (QED) is 0.725. The van der Waals surface area contributed by atoms with E-state index in [1.54, 1.807) is 7.05 Å². The highest BCUT2D eigenvalue weighted by Crippen LogP contribution is 2.21. The Labute approximate surface area is 156 Å². The summed E-state index contributed by atoms with van der Waals surface area (Å²) in [4.78, 5) is 41.3. The first kappa shape index (κ1) is 18.6. The highest BCUT2D eigenvalue weighted by Gasteiger charge is 2.20. The van der Waals surface area contributed by atoms with Gasteiger partial charge in [0.1, 0.15) is 6.54 Å². The predicted octanol–water partition coefficient (Wildman–Crippen LogP) is 0.947. The molecule has 0 saturated heterocycles. The van der Waals surface area contributed by atoms with Crippen molar-refractivity contribution in [3.63, 3.8) is 0 Å². The molecule has 142 valence electrons. The average Bonchev–Trinajstić information content (AvgIpc) is 3.06. The van der Waals surface area contributed by atoms with Gasteiger partial charge in [0.15, 0.2) is 11.2 Å². The van der Waals surface area contributed by atoms with E-state index in [-0.39, 0.29) is 35.6 Å². The molecule has 1 atom stereocenters. The van der Waals surface area contributed by atoms with Crippen molar-refractivity contribution in [1.29, 1.82) is 0 Å². The Bertz CT molecular complexity index is 1090. The fourth-order valence-electron chi connectivity index (χ4n) is 3.19. The van der Waals surface area contributed by atoms with Gasteiger partial charge in [0.25, 0.3) is 5.56 Å². The van der Waals surface area contributed by atoms with E-state index in [4.69, 9.17) is 0 Å². The van der Waals surface area contributed by atoms with Gasteiger partial charge in [-0.05, 0) is 11.5 Å². The Morgan fingerprint density at radius 2 is 1.78 bits per heavy atom. The van der Waals surface area contributed by atoms with Crippen LogP contribution in [0, 0.1) is 5.92 Å². The van der Waals surface area contributed by atoms with Gasteiger partial charge >= 0.3 is 5.69 Å². The van der Waals surface area contributed by atoms with Gasteiger partial charge in [-0.15, -0.1) is 0 Å². The number of nitrogens with zero attached hydrogens (tertiary/aromatic N) is 4. The Morgan fingerprint density at radius 3 is 2.41 bits per heavy atom. The van der Waals surface area contributed by atoms with Crippen molar-refractivity contribution >= 4 is 17.1 Å². The van der Waals surface area contributed by atoms with E-state index in [1.807, 2.05) is 44.2 Å². The number of benzene rings is 1. The fourth-order valence-corrected chi connectivity index (χ4v) is 3.19. The molecule has 0 aliphatic rings. The van der Waals surface area contributed by atoms with E-state index >= 15 is 0 Å². The first-order valence-corrected chi connectivity index (χ1v) is 8.76. The number of carbonyl (C=O) groups is 1. The molecule has 0 fully saturated rings. The minimum absolute atomic E-state index is 0.0556. The summed E-state index contributed by atoms with van der Waals surface area (Å²) in [6.07, 6.45) is 1.41. The standard InChI is InChI=1S/C19H23N5O3/c1-12(2)15(13-8-6-5-7-9-13)21-14(25)10-24-11-20-17-16(24)18(26)23(4)19(27)22(17)3/h5-9,11-12,15H,10H2,1-4H3,(H,21,25)/t15-/m0/s1. The number of amides is 1. The second kappa shape index (κ2) is 7.22. The molecule has 0 radical (unpaired) electrons. The van der Waals surface area contributed by atoms with Gasteiger partial charge in [0.05, 0.1) is 12.4 Å². The predicted molar refractivity (Wildman–Crippen MR) is 102 cm³/mol. The summed E-state index contributed by atoms with van der Waals surface area (Å²) in [6.45, 7) is 4.02. The van der Waals surface area contributed by atoms with Gasteiger partial charge in [-0.1, -0.05) is 44.2 Å². The number of hydrogen-bond donors (Lipinski definition) is 1. The van der Waals surface area contributed by atoms with Gasteiger partial charge in [0.2, 0.25) is 5.91 Å². The summed E-state index contributed by atoms with van der Waals surface area (Å²) in [5.74, 6) is -0.0302. The maximum Gasteiger partial charge on any atom is 0.332 e. The van der Waals surface area contributed by atoms with Crippen molar-refractivity contribution in [3.8, 4) is 0 Å². The molecule has 2 heterocycles. The number of imidazole rings is 1. The maximum absolute atomic E-state index is 12.7. The molecule has 2 aromatic heterocycles. The summed E-state index contributed by atoms with van der Waals surface area (Å²) in [5.41, 5.74) is 0.595. The van der Waals surface area contributed by atoms with E-state index in [9.17, 15) is 14.4 Å². The van der Waals surface area contributed by atoms with E-state index in [2.05, 4.69) is 10.3 Å². The third-order valence-electron chi connectivity index (χ3n) is 4.67. The molecule has 0 aliphatic heterocycles. The molecular weight excluding hydrogens is 346 g/mol. The van der Waals surface area contributed by atoms with Gasteiger partial charge in [-0.2, -0.15) is 0 Å². The van der Waals surface area contributed by atoms with Crippen molar-refractivity contribution < 1.29 is 4.79 Å². The first-order chi connectivity index (χ1) is 12.8. The van der Waals surface area contributed by atoms with Crippen molar-refractivity contribution in [3.05, 3.63) is 63.1 Å². The second-order valence-corrected chi connectivity index (χ2v) is 6.95. The molecule has 3 rings (SSSR count). The van der Waals surface area contributed by atoms with Crippen LogP contribution in [-0.2, 0) is 25.4 Å². The monoisotopic (exact) mass is 369 g/mol. The van der Waals surface area contributed by atoms with E-state index in [0.717, 1.165) is 10.1 Å². The SMILES string of the molecule is CC(C)[C@H](NC(=O)Cn1cnc2c1c(=O)n(C)c(=O)n2C)c1ccccc1. The topological polar surface area (TPSA) is 90.9 Å². The van der Waals surface area contributed by atoms with E-state index in [0.29, 0.717) is 0 Å². The highest BCUT2D eigenvalue weighted by molar-refractivity contribution is 5.79. The number of rotatable bonds is 5. The number of aromatic nitrogens is 4. The van der Waals surface area contributed by atoms with Crippen molar-refractivity contribution in [2.45, 2.75) is 26.4 Å². The van der Waals surface area contributed by atoms with Crippen LogP contribution in [0.25, 0.3) is 11.2 Å². The molecule has 1 N–H and O–H groups in total.